The van der Waals surface area contributed by atoms with Gasteiger partial charge in [0, 0.05) is 42.2 Å². The Bertz CT molecular complexity index is 217. The Morgan fingerprint density at radius 1 is 1.50 bits per heavy atom. The Labute approximate surface area is 86.1 Å². The number of halogens is 1. The molecule has 1 fully saturated rings. The SMILES string of the molecule is CC(=O)N1CCCC(S(C)(O)F)CC1. The number of hydrogen-bond acceptors (Lipinski definition) is 2. The van der Waals surface area contributed by atoms with E-state index in [1.807, 2.05) is 0 Å². The molecular formula is C9H18FNO2S. The van der Waals surface area contributed by atoms with Crippen LogP contribution in [0.3, 0.4) is 0 Å². The van der Waals surface area contributed by atoms with E-state index in [0.29, 0.717) is 25.9 Å². The van der Waals surface area contributed by atoms with E-state index in [-0.39, 0.29) is 11.2 Å². The molecule has 0 aliphatic carbocycles. The van der Waals surface area contributed by atoms with E-state index in [0.717, 1.165) is 6.42 Å². The second-order valence-electron chi connectivity index (χ2n) is 3.90. The zero-order chi connectivity index (χ0) is 10.8. The van der Waals surface area contributed by atoms with Crippen molar-refractivity contribution in [3.8, 4) is 0 Å². The molecule has 2 unspecified atom stereocenters. The van der Waals surface area contributed by atoms with Crippen LogP contribution in [0.2, 0.25) is 0 Å². The van der Waals surface area contributed by atoms with Crippen molar-refractivity contribution >= 4 is 16.6 Å². The third kappa shape index (κ3) is 3.13. The number of carbonyl (C=O) groups excluding carboxylic acids is 1. The van der Waals surface area contributed by atoms with Crippen molar-refractivity contribution in [2.24, 2.45) is 0 Å². The second-order valence-corrected chi connectivity index (χ2v) is 6.23. The highest BCUT2D eigenvalue weighted by molar-refractivity contribution is 8.24. The van der Waals surface area contributed by atoms with Crippen molar-refractivity contribution in [1.82, 2.24) is 4.90 Å². The first-order valence-electron chi connectivity index (χ1n) is 4.86. The number of carbonyl (C=O) groups is 1. The summed E-state index contributed by atoms with van der Waals surface area (Å²) < 4.78 is 22.6. The van der Waals surface area contributed by atoms with E-state index in [1.165, 1.54) is 13.2 Å². The highest BCUT2D eigenvalue weighted by Gasteiger charge is 2.29. The first-order valence-corrected chi connectivity index (χ1v) is 6.82. The fraction of sp³-hybridized carbons (Fsp3) is 0.889. The van der Waals surface area contributed by atoms with Crippen LogP contribution in [-0.4, -0.2) is 40.0 Å². The lowest BCUT2D eigenvalue weighted by molar-refractivity contribution is -0.128. The van der Waals surface area contributed by atoms with Gasteiger partial charge >= 0.3 is 0 Å². The molecule has 1 amide bonds. The lowest BCUT2D eigenvalue weighted by Crippen LogP contribution is -2.30. The highest BCUT2D eigenvalue weighted by Crippen LogP contribution is 2.50. The maximum absolute atomic E-state index is 13.3. The van der Waals surface area contributed by atoms with Crippen LogP contribution in [0.5, 0.6) is 0 Å². The zero-order valence-electron chi connectivity index (χ0n) is 8.70. The second kappa shape index (κ2) is 4.49. The van der Waals surface area contributed by atoms with Crippen molar-refractivity contribution in [3.63, 3.8) is 0 Å². The summed E-state index contributed by atoms with van der Waals surface area (Å²) >= 11 is 0. The summed E-state index contributed by atoms with van der Waals surface area (Å²) in [6.45, 7) is 2.80. The van der Waals surface area contributed by atoms with Gasteiger partial charge in [0.05, 0.1) is 0 Å². The largest absolute Gasteiger partial charge is 0.343 e. The van der Waals surface area contributed by atoms with Gasteiger partial charge in [0.15, 0.2) is 0 Å². The van der Waals surface area contributed by atoms with E-state index >= 15 is 0 Å². The minimum absolute atomic E-state index is 0.0409. The van der Waals surface area contributed by atoms with E-state index in [1.54, 1.807) is 4.90 Å². The van der Waals surface area contributed by atoms with Crippen molar-refractivity contribution in [2.75, 3.05) is 19.3 Å². The lowest BCUT2D eigenvalue weighted by Gasteiger charge is -2.28. The zero-order valence-corrected chi connectivity index (χ0v) is 9.52. The molecule has 0 aromatic rings. The fourth-order valence-corrected chi connectivity index (χ4v) is 2.94. The van der Waals surface area contributed by atoms with Gasteiger partial charge in [-0.15, -0.1) is 0 Å². The Morgan fingerprint density at radius 2 is 2.14 bits per heavy atom. The van der Waals surface area contributed by atoms with Crippen LogP contribution in [-0.2, 0) is 4.79 Å². The van der Waals surface area contributed by atoms with Gasteiger partial charge < -0.3 is 9.45 Å². The predicted molar refractivity (Wildman–Crippen MR) is 57.1 cm³/mol. The van der Waals surface area contributed by atoms with E-state index in [9.17, 15) is 13.2 Å². The molecule has 0 bridgehead atoms. The standard InChI is InChI=1S/C9H18FNO2S/c1-8(12)11-6-3-4-9(5-7-11)14(2,10)13/h9,13H,3-7H2,1-2H3. The van der Waals surface area contributed by atoms with Crippen LogP contribution < -0.4 is 0 Å². The molecule has 0 saturated carbocycles. The average Bonchev–Trinajstić information content (AvgIpc) is 2.26. The first-order chi connectivity index (χ1) is 6.41. The van der Waals surface area contributed by atoms with Crippen molar-refractivity contribution < 1.29 is 13.2 Å². The summed E-state index contributed by atoms with van der Waals surface area (Å²) in [5.41, 5.74) is 0. The molecule has 84 valence electrons. The average molecular weight is 223 g/mol. The van der Waals surface area contributed by atoms with Gasteiger partial charge in [0.2, 0.25) is 5.91 Å². The normalized spacial score (nSPS) is 30.3. The van der Waals surface area contributed by atoms with Gasteiger partial charge in [-0.2, -0.15) is 3.89 Å². The Balaban J connectivity index is 2.53. The van der Waals surface area contributed by atoms with Crippen LogP contribution in [0, 0.1) is 0 Å². The third-order valence-corrected chi connectivity index (χ3v) is 4.42. The fourth-order valence-electron chi connectivity index (χ4n) is 1.81. The van der Waals surface area contributed by atoms with Gasteiger partial charge in [0.25, 0.3) is 0 Å². The quantitative estimate of drug-likeness (QED) is 0.740. The smallest absolute Gasteiger partial charge is 0.219 e. The molecule has 1 N–H and O–H groups in total. The number of hydrogen-bond donors (Lipinski definition) is 1. The van der Waals surface area contributed by atoms with E-state index < -0.39 is 10.7 Å². The maximum Gasteiger partial charge on any atom is 0.219 e. The van der Waals surface area contributed by atoms with E-state index in [4.69, 9.17) is 0 Å². The molecule has 0 spiro atoms. The van der Waals surface area contributed by atoms with Gasteiger partial charge in [-0.25, -0.2) is 0 Å². The molecule has 1 aliphatic rings. The summed E-state index contributed by atoms with van der Waals surface area (Å²) in [4.78, 5) is 12.8. The lowest BCUT2D eigenvalue weighted by atomic mass is 10.2. The summed E-state index contributed by atoms with van der Waals surface area (Å²) in [5, 5.41) is -0.258. The summed E-state index contributed by atoms with van der Waals surface area (Å²) in [6.07, 6.45) is 3.33. The molecule has 5 heteroatoms. The molecular weight excluding hydrogens is 205 g/mol. The third-order valence-electron chi connectivity index (χ3n) is 2.73. The number of rotatable bonds is 1. The summed E-state index contributed by atoms with van der Waals surface area (Å²) in [7, 11) is -2.94. The van der Waals surface area contributed by atoms with Crippen LogP contribution in [0.15, 0.2) is 0 Å². The summed E-state index contributed by atoms with van der Waals surface area (Å²) in [5.74, 6) is 0.0409. The number of amides is 1. The summed E-state index contributed by atoms with van der Waals surface area (Å²) in [6, 6.07) is 0. The van der Waals surface area contributed by atoms with Crippen LogP contribution >= 0.6 is 10.7 Å². The molecule has 3 nitrogen and oxygen atoms in total. The van der Waals surface area contributed by atoms with Crippen LogP contribution in [0.1, 0.15) is 26.2 Å². The van der Waals surface area contributed by atoms with Gasteiger partial charge in [-0.05, 0) is 19.3 Å². The number of likely N-dealkylation sites (tertiary alicyclic amines) is 1. The first kappa shape index (κ1) is 11.8. The molecule has 0 aromatic carbocycles. The Morgan fingerprint density at radius 3 is 2.64 bits per heavy atom. The molecule has 0 radical (unpaired) electrons. The number of nitrogens with zero attached hydrogens (tertiary/aromatic N) is 1. The minimum Gasteiger partial charge on any atom is -0.343 e. The monoisotopic (exact) mass is 223 g/mol. The molecule has 1 heterocycles. The maximum atomic E-state index is 13.3. The molecule has 1 aliphatic heterocycles. The van der Waals surface area contributed by atoms with Gasteiger partial charge in [-0.3, -0.25) is 4.79 Å². The molecule has 1 saturated heterocycles. The van der Waals surface area contributed by atoms with Gasteiger partial charge in [0.1, 0.15) is 0 Å². The Kier molecular flexibility index (Phi) is 3.78. The minimum atomic E-state index is -2.94. The molecule has 14 heavy (non-hydrogen) atoms. The highest BCUT2D eigenvalue weighted by atomic mass is 32.3. The topological polar surface area (TPSA) is 40.5 Å². The van der Waals surface area contributed by atoms with Crippen molar-refractivity contribution in [2.45, 2.75) is 31.4 Å². The van der Waals surface area contributed by atoms with E-state index in [2.05, 4.69) is 0 Å². The molecule has 2 atom stereocenters. The van der Waals surface area contributed by atoms with Crippen LogP contribution in [0.4, 0.5) is 3.89 Å². The molecule has 1 rings (SSSR count). The van der Waals surface area contributed by atoms with Crippen molar-refractivity contribution in [1.29, 1.82) is 0 Å². The van der Waals surface area contributed by atoms with Gasteiger partial charge in [-0.1, -0.05) is 0 Å². The predicted octanol–water partition coefficient (Wildman–Crippen LogP) is 2.18. The Hall–Kier alpha value is -0.290. The van der Waals surface area contributed by atoms with Crippen molar-refractivity contribution in [3.05, 3.63) is 0 Å². The molecule has 0 aromatic heterocycles. The van der Waals surface area contributed by atoms with Crippen LogP contribution in [0.25, 0.3) is 0 Å².